The minimum absolute atomic E-state index is 0.337. The quantitative estimate of drug-likeness (QED) is 0.516. The summed E-state index contributed by atoms with van der Waals surface area (Å²) in [5.41, 5.74) is 5.55. The number of ether oxygens (including phenoxy) is 1. The summed E-state index contributed by atoms with van der Waals surface area (Å²) >= 11 is 6.32. The summed E-state index contributed by atoms with van der Waals surface area (Å²) in [7, 11) is 1.52. The number of aryl methyl sites for hydroxylation is 1. The Labute approximate surface area is 197 Å². The van der Waals surface area contributed by atoms with Crippen molar-refractivity contribution in [3.63, 3.8) is 0 Å². The molecule has 33 heavy (non-hydrogen) atoms. The Morgan fingerprint density at radius 1 is 0.909 bits per heavy atom. The van der Waals surface area contributed by atoms with Gasteiger partial charge in [-0.25, -0.2) is 4.90 Å². The van der Waals surface area contributed by atoms with E-state index in [1.807, 2.05) is 48.2 Å². The van der Waals surface area contributed by atoms with Crippen LogP contribution in [0.2, 0.25) is 5.02 Å². The SMILES string of the molecule is COc1ccc(N2C(=O)C(c3ccc(C)cc3)=C(N3CCc4ccccc4C3)C2=O)cc1Cl. The highest BCUT2D eigenvalue weighted by Gasteiger charge is 2.43. The molecule has 0 atom stereocenters. The molecule has 0 unspecified atom stereocenters. The Balaban J connectivity index is 1.61. The van der Waals surface area contributed by atoms with E-state index in [1.54, 1.807) is 18.2 Å². The maximum absolute atomic E-state index is 13.8. The molecule has 6 heteroatoms. The van der Waals surface area contributed by atoms with E-state index in [-0.39, 0.29) is 11.8 Å². The lowest BCUT2D eigenvalue weighted by Crippen LogP contribution is -2.37. The number of anilines is 1. The summed E-state index contributed by atoms with van der Waals surface area (Å²) < 4.78 is 5.23. The van der Waals surface area contributed by atoms with Gasteiger partial charge in [0.25, 0.3) is 11.8 Å². The van der Waals surface area contributed by atoms with E-state index in [4.69, 9.17) is 16.3 Å². The Morgan fingerprint density at radius 2 is 1.64 bits per heavy atom. The minimum Gasteiger partial charge on any atom is -0.495 e. The second kappa shape index (κ2) is 8.41. The first-order chi connectivity index (χ1) is 16.0. The van der Waals surface area contributed by atoms with Gasteiger partial charge in [0.15, 0.2) is 0 Å². The van der Waals surface area contributed by atoms with E-state index < -0.39 is 0 Å². The van der Waals surface area contributed by atoms with Gasteiger partial charge in [-0.15, -0.1) is 0 Å². The monoisotopic (exact) mass is 458 g/mol. The molecule has 0 aromatic heterocycles. The van der Waals surface area contributed by atoms with Crippen molar-refractivity contribution in [1.29, 1.82) is 0 Å². The van der Waals surface area contributed by atoms with E-state index in [2.05, 4.69) is 12.1 Å². The van der Waals surface area contributed by atoms with Crippen molar-refractivity contribution in [3.8, 4) is 5.75 Å². The van der Waals surface area contributed by atoms with E-state index in [0.29, 0.717) is 40.8 Å². The number of halogens is 1. The molecule has 0 radical (unpaired) electrons. The molecule has 0 bridgehead atoms. The lowest BCUT2D eigenvalue weighted by molar-refractivity contribution is -0.120. The predicted molar refractivity (Wildman–Crippen MR) is 129 cm³/mol. The van der Waals surface area contributed by atoms with Crippen LogP contribution in [0.1, 0.15) is 22.3 Å². The Bertz CT molecular complexity index is 1300. The van der Waals surface area contributed by atoms with E-state index >= 15 is 0 Å². The van der Waals surface area contributed by atoms with Gasteiger partial charge in [0, 0.05) is 13.1 Å². The molecule has 3 aromatic carbocycles. The molecule has 0 saturated heterocycles. The molecule has 0 saturated carbocycles. The van der Waals surface area contributed by atoms with Crippen molar-refractivity contribution in [2.24, 2.45) is 0 Å². The van der Waals surface area contributed by atoms with Crippen LogP contribution in [-0.4, -0.2) is 30.4 Å². The maximum atomic E-state index is 13.8. The maximum Gasteiger partial charge on any atom is 0.282 e. The second-order valence-corrected chi connectivity index (χ2v) is 8.70. The number of methoxy groups -OCH3 is 1. The summed E-state index contributed by atoms with van der Waals surface area (Å²) in [5.74, 6) is -0.200. The Hall–Kier alpha value is -3.57. The van der Waals surface area contributed by atoms with E-state index in [0.717, 1.165) is 17.5 Å². The fourth-order valence-corrected chi connectivity index (χ4v) is 4.76. The molecule has 2 heterocycles. The Morgan fingerprint density at radius 3 is 2.33 bits per heavy atom. The fraction of sp³-hybridized carbons (Fsp3) is 0.185. The molecule has 0 spiro atoms. The number of benzene rings is 3. The zero-order chi connectivity index (χ0) is 23.1. The molecular formula is C27H23ClN2O3. The van der Waals surface area contributed by atoms with Crippen LogP contribution >= 0.6 is 11.6 Å². The molecule has 5 rings (SSSR count). The number of imide groups is 1. The highest BCUT2D eigenvalue weighted by molar-refractivity contribution is 6.45. The lowest BCUT2D eigenvalue weighted by Gasteiger charge is -2.31. The van der Waals surface area contributed by atoms with E-state index in [9.17, 15) is 9.59 Å². The van der Waals surface area contributed by atoms with Gasteiger partial charge in [-0.05, 0) is 48.2 Å². The molecular weight excluding hydrogens is 436 g/mol. The predicted octanol–water partition coefficient (Wildman–Crippen LogP) is 5.00. The van der Waals surface area contributed by atoms with Gasteiger partial charge < -0.3 is 9.64 Å². The van der Waals surface area contributed by atoms with Crippen LogP contribution < -0.4 is 9.64 Å². The fourth-order valence-electron chi connectivity index (χ4n) is 4.51. The average Bonchev–Trinajstić information content (AvgIpc) is 3.09. The Kier molecular flexibility index (Phi) is 5.43. The first-order valence-electron chi connectivity index (χ1n) is 10.8. The molecule has 3 aromatic rings. The number of carbonyl (C=O) groups excluding carboxylic acids is 2. The van der Waals surface area contributed by atoms with Gasteiger partial charge in [0.1, 0.15) is 11.4 Å². The molecule has 5 nitrogen and oxygen atoms in total. The molecule has 2 aliphatic rings. The molecule has 166 valence electrons. The van der Waals surface area contributed by atoms with Gasteiger partial charge in [0.2, 0.25) is 0 Å². The first-order valence-corrected chi connectivity index (χ1v) is 11.2. The topological polar surface area (TPSA) is 49.9 Å². The highest BCUT2D eigenvalue weighted by atomic mass is 35.5. The molecule has 0 N–H and O–H groups in total. The molecule has 0 fully saturated rings. The largest absolute Gasteiger partial charge is 0.495 e. The number of rotatable bonds is 4. The first kappa shape index (κ1) is 21.3. The van der Waals surface area contributed by atoms with Crippen LogP contribution in [0, 0.1) is 6.92 Å². The van der Waals surface area contributed by atoms with Gasteiger partial charge in [-0.3, -0.25) is 9.59 Å². The van der Waals surface area contributed by atoms with Gasteiger partial charge in [-0.1, -0.05) is 65.7 Å². The lowest BCUT2D eigenvalue weighted by atomic mass is 9.97. The number of hydrogen-bond donors (Lipinski definition) is 0. The number of hydrogen-bond acceptors (Lipinski definition) is 4. The highest BCUT2D eigenvalue weighted by Crippen LogP contribution is 2.38. The van der Waals surface area contributed by atoms with Crippen molar-refractivity contribution in [1.82, 2.24) is 4.90 Å². The van der Waals surface area contributed by atoms with Crippen molar-refractivity contribution in [3.05, 3.63) is 99.7 Å². The third kappa shape index (κ3) is 3.68. The summed E-state index contributed by atoms with van der Waals surface area (Å²) in [6, 6.07) is 20.9. The normalized spacial score (nSPS) is 15.8. The molecule has 2 aliphatic heterocycles. The summed E-state index contributed by atoms with van der Waals surface area (Å²) in [5, 5.41) is 0.341. The van der Waals surface area contributed by atoms with Gasteiger partial charge in [-0.2, -0.15) is 0 Å². The van der Waals surface area contributed by atoms with Crippen LogP contribution in [0.15, 0.2) is 72.4 Å². The van der Waals surface area contributed by atoms with Crippen LogP contribution in [0.4, 0.5) is 5.69 Å². The zero-order valence-corrected chi connectivity index (χ0v) is 19.2. The van der Waals surface area contributed by atoms with Crippen LogP contribution in [0.25, 0.3) is 5.57 Å². The number of nitrogens with zero attached hydrogens (tertiary/aromatic N) is 2. The van der Waals surface area contributed by atoms with Crippen molar-refractivity contribution < 1.29 is 14.3 Å². The second-order valence-electron chi connectivity index (χ2n) is 8.29. The summed E-state index contributed by atoms with van der Waals surface area (Å²) in [6.45, 7) is 3.24. The van der Waals surface area contributed by atoms with Crippen molar-refractivity contribution >= 4 is 34.7 Å². The van der Waals surface area contributed by atoms with Crippen molar-refractivity contribution in [2.75, 3.05) is 18.6 Å². The van der Waals surface area contributed by atoms with Gasteiger partial charge in [0.05, 0.1) is 23.4 Å². The minimum atomic E-state index is -0.348. The van der Waals surface area contributed by atoms with E-state index in [1.165, 1.54) is 23.1 Å². The van der Waals surface area contributed by atoms with Crippen LogP contribution in [-0.2, 0) is 22.6 Å². The van der Waals surface area contributed by atoms with Gasteiger partial charge >= 0.3 is 0 Å². The summed E-state index contributed by atoms with van der Waals surface area (Å²) in [6.07, 6.45) is 0.816. The van der Waals surface area contributed by atoms with Crippen LogP contribution in [0.5, 0.6) is 5.75 Å². The van der Waals surface area contributed by atoms with Crippen molar-refractivity contribution in [2.45, 2.75) is 19.9 Å². The van der Waals surface area contributed by atoms with Crippen LogP contribution in [0.3, 0.4) is 0 Å². The molecule has 2 amide bonds. The number of fused-ring (bicyclic) bond motifs is 1. The smallest absolute Gasteiger partial charge is 0.282 e. The summed E-state index contributed by atoms with van der Waals surface area (Å²) in [4.78, 5) is 30.7. The standard InChI is InChI=1S/C27H23ClN2O3/c1-17-7-9-19(10-8-17)24-25(29-14-13-18-5-3-4-6-20(18)16-29)27(32)30(26(24)31)21-11-12-23(33-2)22(28)15-21/h3-12,15H,13-14,16H2,1-2H3. The number of amides is 2. The number of carbonyl (C=O) groups is 2. The average molecular weight is 459 g/mol. The third-order valence-electron chi connectivity index (χ3n) is 6.24. The zero-order valence-electron chi connectivity index (χ0n) is 18.5. The molecule has 0 aliphatic carbocycles. The third-order valence-corrected chi connectivity index (χ3v) is 6.54.